The number of nitrogens with one attached hydrogen (secondary N) is 2. The van der Waals surface area contributed by atoms with Crippen LogP contribution in [-0.2, 0) is 16.0 Å². The van der Waals surface area contributed by atoms with Crippen LogP contribution in [0.3, 0.4) is 0 Å². The molecule has 4 rings (SSSR count). The van der Waals surface area contributed by atoms with E-state index in [9.17, 15) is 14.0 Å². The molecule has 2 N–H and O–H groups in total. The molecule has 8 heteroatoms. The van der Waals surface area contributed by atoms with Gasteiger partial charge >= 0.3 is 5.97 Å². The van der Waals surface area contributed by atoms with E-state index in [4.69, 9.17) is 4.74 Å². The van der Waals surface area contributed by atoms with Gasteiger partial charge in [-0.1, -0.05) is 49.0 Å². The number of esters is 1. The van der Waals surface area contributed by atoms with Gasteiger partial charge in [-0.05, 0) is 60.5 Å². The Hall–Kier alpha value is -4.85. The first-order valence-electron chi connectivity index (χ1n) is 11.8. The number of aromatic nitrogens is 2. The lowest BCUT2D eigenvalue weighted by atomic mass is 10.0. The van der Waals surface area contributed by atoms with Crippen molar-refractivity contribution in [2.45, 2.75) is 20.3 Å². The van der Waals surface area contributed by atoms with Gasteiger partial charge < -0.3 is 10.1 Å². The molecular formula is C30H29FN4O3. The highest BCUT2D eigenvalue weighted by atomic mass is 19.1. The molecule has 0 fully saturated rings. The zero-order valence-corrected chi connectivity index (χ0v) is 21.5. The van der Waals surface area contributed by atoms with Gasteiger partial charge in [0, 0.05) is 29.6 Å². The van der Waals surface area contributed by atoms with Gasteiger partial charge in [0.25, 0.3) is 0 Å². The van der Waals surface area contributed by atoms with Crippen molar-refractivity contribution in [3.63, 3.8) is 0 Å². The van der Waals surface area contributed by atoms with Crippen molar-refractivity contribution in [3.8, 4) is 11.1 Å². The molecule has 38 heavy (non-hydrogen) atoms. The summed E-state index contributed by atoms with van der Waals surface area (Å²) in [5.41, 5.74) is 3.15. The Morgan fingerprint density at radius 2 is 1.74 bits per heavy atom. The Labute approximate surface area is 220 Å². The van der Waals surface area contributed by atoms with E-state index >= 15 is 0 Å². The van der Waals surface area contributed by atoms with E-state index in [0.29, 0.717) is 23.6 Å². The smallest absolute Gasteiger partial charge is 0.337 e. The number of carbonyl (C=O) groups is 2. The molecule has 0 unspecified atom stereocenters. The second-order valence-electron chi connectivity index (χ2n) is 8.25. The molecule has 4 aromatic rings. The largest absolute Gasteiger partial charge is 0.465 e. The van der Waals surface area contributed by atoms with Crippen LogP contribution in [0.1, 0.15) is 29.9 Å². The molecule has 194 valence electrons. The van der Waals surface area contributed by atoms with Crippen LogP contribution in [0.2, 0.25) is 0 Å². The number of Topliss-reactive ketones (excluding diaryl/α,β-unsaturated/α-hetero) is 1. The van der Waals surface area contributed by atoms with Crippen LogP contribution in [0.5, 0.6) is 0 Å². The zero-order chi connectivity index (χ0) is 27.5. The first-order chi connectivity index (χ1) is 18.3. The van der Waals surface area contributed by atoms with Gasteiger partial charge in [0.2, 0.25) is 0 Å². The molecule has 0 aliphatic carbocycles. The number of halogens is 1. The maximum Gasteiger partial charge on any atom is 0.337 e. The predicted octanol–water partition coefficient (Wildman–Crippen LogP) is 4.50. The van der Waals surface area contributed by atoms with Crippen molar-refractivity contribution in [3.05, 3.63) is 106 Å². The minimum atomic E-state index is -0.368. The second-order valence-corrected chi connectivity index (χ2v) is 8.25. The topological polar surface area (TPSA) is 96.4 Å². The molecule has 0 saturated heterocycles. The van der Waals surface area contributed by atoms with E-state index < -0.39 is 0 Å². The Morgan fingerprint density at radius 1 is 1.05 bits per heavy atom. The summed E-state index contributed by atoms with van der Waals surface area (Å²) in [7, 11) is 1.36. The summed E-state index contributed by atoms with van der Waals surface area (Å²) in [6.45, 7) is 7.53. The summed E-state index contributed by atoms with van der Waals surface area (Å²) in [6, 6.07) is 22.8. The van der Waals surface area contributed by atoms with Crippen LogP contribution < -0.4 is 15.8 Å². The molecule has 0 saturated carbocycles. The van der Waals surface area contributed by atoms with Crippen molar-refractivity contribution in [2.75, 3.05) is 12.4 Å². The van der Waals surface area contributed by atoms with Crippen molar-refractivity contribution < 1.29 is 18.7 Å². The van der Waals surface area contributed by atoms with Crippen LogP contribution >= 0.6 is 0 Å². The fourth-order valence-corrected chi connectivity index (χ4v) is 3.54. The SMILES string of the molecule is C=c1cc(-c2ccc(C(=O)OC)cc2)cc/c1=C(/N=C\C)Nc1cc(CC(C)=O)[nH]n1.Fc1ccccc1. The molecule has 0 bridgehead atoms. The average molecular weight is 513 g/mol. The maximum atomic E-state index is 11.9. The van der Waals surface area contributed by atoms with Gasteiger partial charge in [-0.25, -0.2) is 14.2 Å². The number of aromatic amines is 1. The highest BCUT2D eigenvalue weighted by Crippen LogP contribution is 2.18. The number of anilines is 1. The minimum Gasteiger partial charge on any atom is -0.465 e. The molecule has 0 amide bonds. The summed E-state index contributed by atoms with van der Waals surface area (Å²) in [4.78, 5) is 27.4. The molecule has 0 aliphatic rings. The van der Waals surface area contributed by atoms with E-state index in [1.807, 2.05) is 37.3 Å². The predicted molar refractivity (Wildman–Crippen MR) is 149 cm³/mol. The summed E-state index contributed by atoms with van der Waals surface area (Å²) < 4.78 is 16.6. The quantitative estimate of drug-likeness (QED) is 0.281. The van der Waals surface area contributed by atoms with Gasteiger partial charge in [-0.15, -0.1) is 0 Å². The second kappa shape index (κ2) is 13.5. The number of hydrogen-bond donors (Lipinski definition) is 2. The van der Waals surface area contributed by atoms with Gasteiger partial charge in [0.05, 0.1) is 12.7 Å². The minimum absolute atomic E-state index is 0.0567. The number of benzene rings is 3. The molecule has 1 heterocycles. The fourth-order valence-electron chi connectivity index (χ4n) is 3.54. The lowest BCUT2D eigenvalue weighted by Gasteiger charge is -2.06. The van der Waals surface area contributed by atoms with Crippen molar-refractivity contribution >= 4 is 36.2 Å². The van der Waals surface area contributed by atoms with Crippen molar-refractivity contribution in [2.24, 2.45) is 4.99 Å². The van der Waals surface area contributed by atoms with E-state index in [0.717, 1.165) is 27.3 Å². The third kappa shape index (κ3) is 7.83. The monoisotopic (exact) mass is 512 g/mol. The lowest BCUT2D eigenvalue weighted by Crippen LogP contribution is -2.27. The van der Waals surface area contributed by atoms with Crippen LogP contribution in [0.15, 0.2) is 83.9 Å². The van der Waals surface area contributed by atoms with Crippen LogP contribution in [0.25, 0.3) is 23.5 Å². The molecule has 0 aliphatic heterocycles. The van der Waals surface area contributed by atoms with Crippen LogP contribution in [0, 0.1) is 5.82 Å². The van der Waals surface area contributed by atoms with Crippen LogP contribution in [-0.4, -0.2) is 35.3 Å². The standard InChI is InChI=1S/C24H24N4O3.C6H5F/c1-5-25-23(26-22-14-20(27-28-22)13-16(3)29)21-11-10-19(12-15(21)2)17-6-8-18(9-7-17)24(30)31-4;7-6-4-2-1-3-5-6/h5-12,14H,2,13H2,1,3-4H3,(H2,26,27,28);1-5H/b23-21+,25-5-;. The highest BCUT2D eigenvalue weighted by molar-refractivity contribution is 5.90. The zero-order valence-electron chi connectivity index (χ0n) is 21.5. The van der Waals surface area contributed by atoms with Gasteiger partial charge in [-0.2, -0.15) is 5.10 Å². The average Bonchev–Trinajstić information content (AvgIpc) is 3.35. The highest BCUT2D eigenvalue weighted by Gasteiger charge is 2.08. The molecule has 1 aromatic heterocycles. The molecular weight excluding hydrogens is 483 g/mol. The summed E-state index contributed by atoms with van der Waals surface area (Å²) in [6.07, 6.45) is 1.98. The molecule has 0 spiro atoms. The van der Waals surface area contributed by atoms with E-state index in [-0.39, 0.29) is 17.6 Å². The normalized spacial score (nSPS) is 11.4. The number of nitrogens with zero attached hydrogens (tertiary/aromatic N) is 2. The lowest BCUT2D eigenvalue weighted by molar-refractivity contribution is -0.116. The first kappa shape index (κ1) is 27.7. The number of methoxy groups -OCH3 is 1. The number of ketones is 1. The number of carbonyl (C=O) groups excluding carboxylic acids is 2. The van der Waals surface area contributed by atoms with E-state index in [2.05, 4.69) is 27.1 Å². The third-order valence-corrected chi connectivity index (χ3v) is 5.31. The number of H-pyrrole nitrogens is 1. The number of rotatable bonds is 7. The Morgan fingerprint density at radius 3 is 2.29 bits per heavy atom. The molecule has 0 atom stereocenters. The fraction of sp³-hybridized carbons (Fsp3) is 0.133. The number of hydrogen-bond acceptors (Lipinski definition) is 6. The Kier molecular flexibility index (Phi) is 9.82. The molecule has 0 radical (unpaired) electrons. The van der Waals surface area contributed by atoms with Crippen LogP contribution in [0.4, 0.5) is 10.2 Å². The summed E-state index contributed by atoms with van der Waals surface area (Å²) in [5.74, 6) is 0.677. The van der Waals surface area contributed by atoms with E-state index in [1.54, 1.807) is 42.6 Å². The van der Waals surface area contributed by atoms with Gasteiger partial charge in [-0.3, -0.25) is 9.89 Å². The first-order valence-corrected chi connectivity index (χ1v) is 11.8. The van der Waals surface area contributed by atoms with Gasteiger partial charge in [0.15, 0.2) is 5.82 Å². The Bertz CT molecular complexity index is 1530. The van der Waals surface area contributed by atoms with Gasteiger partial charge in [0.1, 0.15) is 17.4 Å². The number of aliphatic imine (C=N–C) groups is 1. The summed E-state index contributed by atoms with van der Waals surface area (Å²) >= 11 is 0. The molecule has 3 aromatic carbocycles. The van der Waals surface area contributed by atoms with Crippen molar-refractivity contribution in [1.82, 2.24) is 10.2 Å². The van der Waals surface area contributed by atoms with E-state index in [1.165, 1.54) is 26.2 Å². The maximum absolute atomic E-state index is 11.9. The summed E-state index contributed by atoms with van der Waals surface area (Å²) in [5, 5.41) is 11.8. The van der Waals surface area contributed by atoms with Crippen molar-refractivity contribution in [1.29, 1.82) is 0 Å². The molecule has 7 nitrogen and oxygen atoms in total. The Balaban J connectivity index is 0.000000494. The third-order valence-electron chi connectivity index (χ3n) is 5.31. The number of ether oxygens (including phenoxy) is 1.